The Morgan fingerprint density at radius 3 is 2.42 bits per heavy atom. The van der Waals surface area contributed by atoms with Gasteiger partial charge in [-0.3, -0.25) is 0 Å². The Bertz CT molecular complexity index is 271. The Balaban J connectivity index is 2.01. The van der Waals surface area contributed by atoms with Gasteiger partial charge in [0.1, 0.15) is 0 Å². The van der Waals surface area contributed by atoms with Gasteiger partial charge in [-0.15, -0.1) is 6.58 Å². The molecule has 1 aliphatic heterocycles. The number of rotatable bonds is 5. The molecule has 0 radical (unpaired) electrons. The van der Waals surface area contributed by atoms with Crippen molar-refractivity contribution in [2.45, 2.75) is 50.8 Å². The highest BCUT2D eigenvalue weighted by Crippen LogP contribution is 2.35. The van der Waals surface area contributed by atoms with Crippen LogP contribution in [0.5, 0.6) is 0 Å². The first-order valence-corrected chi connectivity index (χ1v) is 7.25. The van der Waals surface area contributed by atoms with Crippen LogP contribution in [0.1, 0.15) is 32.1 Å². The average Bonchev–Trinajstić information content (AvgIpc) is 2.49. The van der Waals surface area contributed by atoms with Crippen LogP contribution in [0, 0.1) is 11.8 Å². The molecule has 0 amide bonds. The molecule has 0 unspecified atom stereocenters. The summed E-state index contributed by atoms with van der Waals surface area (Å²) in [5.74, 6) is 0.881. The maximum absolute atomic E-state index is 6.13. The third-order valence-corrected chi connectivity index (χ3v) is 4.27. The highest BCUT2D eigenvalue weighted by Gasteiger charge is 2.39. The van der Waals surface area contributed by atoms with E-state index in [1.54, 1.807) is 14.2 Å². The summed E-state index contributed by atoms with van der Waals surface area (Å²) in [4.78, 5) is 0. The van der Waals surface area contributed by atoms with Crippen LogP contribution >= 0.6 is 0 Å². The fourth-order valence-corrected chi connectivity index (χ4v) is 3.18. The smallest absolute Gasteiger partial charge is 0.209 e. The van der Waals surface area contributed by atoms with Gasteiger partial charge in [0.2, 0.25) is 12.6 Å². The van der Waals surface area contributed by atoms with Crippen LogP contribution in [0.25, 0.3) is 0 Å². The molecule has 1 aliphatic carbocycles. The molecule has 0 N–H and O–H groups in total. The average molecular weight is 270 g/mol. The zero-order valence-electron chi connectivity index (χ0n) is 12.0. The zero-order valence-corrected chi connectivity index (χ0v) is 12.0. The van der Waals surface area contributed by atoms with Crippen molar-refractivity contribution < 1.29 is 18.9 Å². The predicted octanol–water partition coefficient (Wildman–Crippen LogP) is 2.73. The zero-order chi connectivity index (χ0) is 13.7. The van der Waals surface area contributed by atoms with Gasteiger partial charge >= 0.3 is 0 Å². The van der Waals surface area contributed by atoms with Crippen molar-refractivity contribution in [1.82, 2.24) is 0 Å². The molecular formula is C15H26O4. The molecule has 1 saturated heterocycles. The van der Waals surface area contributed by atoms with E-state index in [1.807, 2.05) is 6.08 Å². The molecule has 19 heavy (non-hydrogen) atoms. The van der Waals surface area contributed by atoms with Crippen molar-refractivity contribution in [1.29, 1.82) is 0 Å². The lowest BCUT2D eigenvalue weighted by molar-refractivity contribution is -0.322. The summed E-state index contributed by atoms with van der Waals surface area (Å²) in [5.41, 5.74) is 0. The van der Waals surface area contributed by atoms with E-state index in [0.717, 1.165) is 0 Å². The third-order valence-electron chi connectivity index (χ3n) is 4.27. The Morgan fingerprint density at radius 2 is 1.84 bits per heavy atom. The molecule has 1 heterocycles. The summed E-state index contributed by atoms with van der Waals surface area (Å²) in [6, 6.07) is 0. The van der Waals surface area contributed by atoms with E-state index in [2.05, 4.69) is 6.58 Å². The lowest BCUT2D eigenvalue weighted by Crippen LogP contribution is -2.49. The lowest BCUT2D eigenvalue weighted by atomic mass is 9.80. The van der Waals surface area contributed by atoms with Crippen LogP contribution < -0.4 is 0 Å². The first-order chi connectivity index (χ1) is 9.30. The van der Waals surface area contributed by atoms with Gasteiger partial charge in [0.15, 0.2) is 0 Å². The lowest BCUT2D eigenvalue weighted by Gasteiger charge is -2.42. The van der Waals surface area contributed by atoms with E-state index in [4.69, 9.17) is 18.9 Å². The summed E-state index contributed by atoms with van der Waals surface area (Å²) in [5, 5.41) is 0. The Morgan fingerprint density at radius 1 is 1.16 bits per heavy atom. The predicted molar refractivity (Wildman–Crippen MR) is 72.7 cm³/mol. The monoisotopic (exact) mass is 270 g/mol. The van der Waals surface area contributed by atoms with E-state index in [-0.39, 0.29) is 12.0 Å². The number of hydrogen-bond donors (Lipinski definition) is 0. The van der Waals surface area contributed by atoms with E-state index in [1.165, 1.54) is 32.1 Å². The number of hydrogen-bond acceptors (Lipinski definition) is 4. The minimum absolute atomic E-state index is 0.185. The summed E-state index contributed by atoms with van der Waals surface area (Å²) in [6.07, 6.45) is 7.69. The minimum Gasteiger partial charge on any atom is -0.351 e. The van der Waals surface area contributed by atoms with Crippen molar-refractivity contribution in [2.24, 2.45) is 11.8 Å². The molecule has 2 aliphatic rings. The minimum atomic E-state index is -0.461. The maximum atomic E-state index is 6.13. The molecule has 2 rings (SSSR count). The highest BCUT2D eigenvalue weighted by atomic mass is 16.8. The Labute approximate surface area is 116 Å². The molecule has 4 heteroatoms. The standard InChI is InChI=1S/C15H26O4/c1-4-11-10-18-15(14(16-2)17-3)19-13(11)12-8-6-5-7-9-12/h4,11-15H,1,5-10H2,2-3H3/t11-,13-,15-/m0/s1. The topological polar surface area (TPSA) is 36.9 Å². The molecule has 4 nitrogen and oxygen atoms in total. The van der Waals surface area contributed by atoms with E-state index >= 15 is 0 Å². The van der Waals surface area contributed by atoms with Crippen LogP contribution in [-0.4, -0.2) is 39.5 Å². The van der Waals surface area contributed by atoms with Gasteiger partial charge in [-0.1, -0.05) is 25.3 Å². The third kappa shape index (κ3) is 3.57. The van der Waals surface area contributed by atoms with Crippen LogP contribution in [0.3, 0.4) is 0 Å². The second kappa shape index (κ2) is 7.39. The maximum Gasteiger partial charge on any atom is 0.209 e. The Kier molecular flexibility index (Phi) is 5.82. The van der Waals surface area contributed by atoms with Crippen LogP contribution in [-0.2, 0) is 18.9 Å². The van der Waals surface area contributed by atoms with Gasteiger partial charge < -0.3 is 18.9 Å². The number of methoxy groups -OCH3 is 2. The van der Waals surface area contributed by atoms with Crippen LogP contribution in [0.4, 0.5) is 0 Å². The van der Waals surface area contributed by atoms with E-state index in [9.17, 15) is 0 Å². The van der Waals surface area contributed by atoms with Crippen molar-refractivity contribution in [3.05, 3.63) is 12.7 Å². The molecule has 0 aromatic heterocycles. The fraction of sp³-hybridized carbons (Fsp3) is 0.867. The summed E-state index contributed by atoms with van der Waals surface area (Å²) >= 11 is 0. The summed E-state index contributed by atoms with van der Waals surface area (Å²) in [7, 11) is 3.21. The fourth-order valence-electron chi connectivity index (χ4n) is 3.18. The van der Waals surface area contributed by atoms with Crippen molar-refractivity contribution in [3.63, 3.8) is 0 Å². The van der Waals surface area contributed by atoms with Gasteiger partial charge in [-0.2, -0.15) is 0 Å². The van der Waals surface area contributed by atoms with Crippen LogP contribution in [0.2, 0.25) is 0 Å². The first kappa shape index (κ1) is 15.0. The van der Waals surface area contributed by atoms with Gasteiger partial charge in [-0.25, -0.2) is 0 Å². The molecule has 0 bridgehead atoms. The SMILES string of the molecule is C=C[C@H]1CO[C@H](C(OC)OC)O[C@@H]1C1CCCCC1. The summed E-state index contributed by atoms with van der Waals surface area (Å²) < 4.78 is 22.3. The first-order valence-electron chi connectivity index (χ1n) is 7.25. The molecule has 0 aromatic rings. The largest absolute Gasteiger partial charge is 0.351 e. The van der Waals surface area contributed by atoms with Crippen molar-refractivity contribution >= 4 is 0 Å². The normalized spacial score (nSPS) is 33.5. The molecule has 3 atom stereocenters. The van der Waals surface area contributed by atoms with Crippen molar-refractivity contribution in [3.8, 4) is 0 Å². The molecule has 1 saturated carbocycles. The molecule has 0 aromatic carbocycles. The second-order valence-electron chi connectivity index (χ2n) is 5.44. The van der Waals surface area contributed by atoms with Gasteiger partial charge in [0.25, 0.3) is 0 Å². The molecule has 2 fully saturated rings. The van der Waals surface area contributed by atoms with E-state index < -0.39 is 12.6 Å². The Hall–Kier alpha value is -0.420. The number of ether oxygens (including phenoxy) is 4. The van der Waals surface area contributed by atoms with Gasteiger partial charge in [0, 0.05) is 20.1 Å². The molecular weight excluding hydrogens is 244 g/mol. The second-order valence-corrected chi connectivity index (χ2v) is 5.44. The van der Waals surface area contributed by atoms with E-state index in [0.29, 0.717) is 12.5 Å². The summed E-state index contributed by atoms with van der Waals surface area (Å²) in [6.45, 7) is 4.55. The van der Waals surface area contributed by atoms with Crippen molar-refractivity contribution in [2.75, 3.05) is 20.8 Å². The molecule has 0 spiro atoms. The highest BCUT2D eigenvalue weighted by molar-refractivity contribution is 4.92. The molecule has 110 valence electrons. The van der Waals surface area contributed by atoms with Gasteiger partial charge in [0.05, 0.1) is 12.7 Å². The quantitative estimate of drug-likeness (QED) is 0.568. The van der Waals surface area contributed by atoms with Crippen LogP contribution in [0.15, 0.2) is 12.7 Å². The van der Waals surface area contributed by atoms with Gasteiger partial charge in [-0.05, 0) is 18.8 Å².